The molecule has 0 radical (unpaired) electrons. The quantitative estimate of drug-likeness (QED) is 0.453. The van der Waals surface area contributed by atoms with Crippen molar-refractivity contribution >= 4 is 46.3 Å². The minimum atomic E-state index is -0.326. The first-order valence-electron chi connectivity index (χ1n) is 9.26. The number of rotatable bonds is 4. The fourth-order valence-corrected chi connectivity index (χ4v) is 3.95. The summed E-state index contributed by atoms with van der Waals surface area (Å²) in [5.41, 5.74) is 1.72. The summed E-state index contributed by atoms with van der Waals surface area (Å²) in [5.74, 6) is 1.95. The number of benzene rings is 2. The minimum Gasteiger partial charge on any atom is -0.423 e. The Morgan fingerprint density at radius 1 is 0.966 bits per heavy atom. The lowest BCUT2D eigenvalue weighted by molar-refractivity contribution is 0.394. The van der Waals surface area contributed by atoms with Crippen LogP contribution in [0.25, 0.3) is 0 Å². The lowest BCUT2D eigenvalue weighted by Gasteiger charge is -2.27. The molecule has 0 amide bonds. The van der Waals surface area contributed by atoms with Crippen molar-refractivity contribution in [2.24, 2.45) is 4.99 Å². The minimum absolute atomic E-state index is 0.0709. The van der Waals surface area contributed by atoms with Gasteiger partial charge in [0.05, 0.1) is 11.1 Å². The number of nitrogens with zero attached hydrogens (tertiary/aromatic N) is 4. The zero-order valence-electron chi connectivity index (χ0n) is 16.1. The first-order chi connectivity index (χ1) is 13.8. The number of hydrogen-bond donors (Lipinski definition) is 0. The van der Waals surface area contributed by atoms with Crippen molar-refractivity contribution in [3.8, 4) is 0 Å². The molecular formula is C21H19Cl3N4O. The highest BCUT2D eigenvalue weighted by Crippen LogP contribution is 2.38. The van der Waals surface area contributed by atoms with Gasteiger partial charge in [0.2, 0.25) is 11.8 Å². The van der Waals surface area contributed by atoms with Gasteiger partial charge in [0.1, 0.15) is 5.84 Å². The highest BCUT2D eigenvalue weighted by Gasteiger charge is 2.39. The molecule has 29 heavy (non-hydrogen) atoms. The van der Waals surface area contributed by atoms with Crippen LogP contribution in [0.1, 0.15) is 50.1 Å². The molecular weight excluding hydrogens is 431 g/mol. The van der Waals surface area contributed by atoms with Crippen molar-refractivity contribution in [3.63, 3.8) is 0 Å². The number of aliphatic imine (C=N–C) groups is 1. The van der Waals surface area contributed by atoms with E-state index in [9.17, 15) is 0 Å². The topological polar surface area (TPSA) is 54.5 Å². The molecule has 0 N–H and O–H groups in total. The normalized spacial score (nSPS) is 19.1. The van der Waals surface area contributed by atoms with Gasteiger partial charge in [-0.2, -0.15) is 0 Å². The van der Waals surface area contributed by atoms with Crippen molar-refractivity contribution in [1.29, 1.82) is 0 Å². The van der Waals surface area contributed by atoms with E-state index < -0.39 is 0 Å². The van der Waals surface area contributed by atoms with Gasteiger partial charge in [-0.05, 0) is 49.4 Å². The van der Waals surface area contributed by atoms with Gasteiger partial charge in [0.25, 0.3) is 0 Å². The van der Waals surface area contributed by atoms with Crippen LogP contribution in [-0.4, -0.2) is 22.1 Å². The zero-order chi connectivity index (χ0) is 20.7. The predicted molar refractivity (Wildman–Crippen MR) is 118 cm³/mol. The van der Waals surface area contributed by atoms with Crippen molar-refractivity contribution in [1.82, 2.24) is 10.2 Å². The summed E-state index contributed by atoms with van der Waals surface area (Å²) < 4.78 is 5.91. The molecule has 0 saturated heterocycles. The maximum Gasteiger partial charge on any atom is 0.243 e. The Morgan fingerprint density at radius 3 is 2.28 bits per heavy atom. The molecule has 2 unspecified atom stereocenters. The summed E-state index contributed by atoms with van der Waals surface area (Å²) >= 11 is 18.7. The van der Waals surface area contributed by atoms with Gasteiger partial charge < -0.3 is 9.32 Å². The number of hydrogen-bond acceptors (Lipinski definition) is 5. The van der Waals surface area contributed by atoms with Crippen molar-refractivity contribution in [2.75, 3.05) is 4.90 Å². The van der Waals surface area contributed by atoms with E-state index >= 15 is 0 Å². The van der Waals surface area contributed by atoms with Gasteiger partial charge >= 0.3 is 0 Å². The first kappa shape index (κ1) is 20.2. The van der Waals surface area contributed by atoms with E-state index in [0.29, 0.717) is 26.8 Å². The van der Waals surface area contributed by atoms with Crippen LogP contribution < -0.4 is 4.90 Å². The fourth-order valence-electron chi connectivity index (χ4n) is 3.33. The molecule has 0 bridgehead atoms. The molecule has 1 aliphatic heterocycles. The van der Waals surface area contributed by atoms with Crippen LogP contribution in [0.4, 0.5) is 5.69 Å². The summed E-state index contributed by atoms with van der Waals surface area (Å²) in [7, 11) is 0. The molecule has 1 aromatic heterocycles. The van der Waals surface area contributed by atoms with E-state index in [1.165, 1.54) is 0 Å². The Kier molecular flexibility index (Phi) is 5.56. The molecule has 0 spiro atoms. The van der Waals surface area contributed by atoms with Crippen LogP contribution >= 0.6 is 34.8 Å². The Labute approximate surface area is 184 Å². The van der Waals surface area contributed by atoms with Gasteiger partial charge in [0.15, 0.2) is 6.04 Å². The summed E-state index contributed by atoms with van der Waals surface area (Å²) in [6, 6.07) is 12.6. The molecule has 0 saturated carbocycles. The van der Waals surface area contributed by atoms with Crippen molar-refractivity contribution < 1.29 is 4.42 Å². The lowest BCUT2D eigenvalue weighted by atomic mass is 10.1. The van der Waals surface area contributed by atoms with Gasteiger partial charge in [-0.3, -0.25) is 4.99 Å². The van der Waals surface area contributed by atoms with E-state index in [1.54, 1.807) is 12.1 Å². The van der Waals surface area contributed by atoms with Gasteiger partial charge in [-0.1, -0.05) is 48.7 Å². The van der Waals surface area contributed by atoms with Crippen molar-refractivity contribution in [2.45, 2.75) is 38.8 Å². The van der Waals surface area contributed by atoms with E-state index in [2.05, 4.69) is 22.0 Å². The molecule has 0 fully saturated rings. The average molecular weight is 450 g/mol. The summed E-state index contributed by atoms with van der Waals surface area (Å²) in [6.07, 6.45) is 0. The second-order valence-electron chi connectivity index (χ2n) is 7.24. The van der Waals surface area contributed by atoms with E-state index in [-0.39, 0.29) is 18.0 Å². The molecule has 3 aromatic rings. The van der Waals surface area contributed by atoms with Gasteiger partial charge in [-0.15, -0.1) is 10.2 Å². The maximum absolute atomic E-state index is 6.51. The second kappa shape index (κ2) is 7.98. The van der Waals surface area contributed by atoms with Crippen LogP contribution in [0.5, 0.6) is 0 Å². The number of aromatic nitrogens is 2. The molecule has 0 aliphatic carbocycles. The largest absolute Gasteiger partial charge is 0.423 e. The fraction of sp³-hybridized carbons (Fsp3) is 0.286. The third-order valence-corrected chi connectivity index (χ3v) is 5.63. The molecule has 5 nitrogen and oxygen atoms in total. The Morgan fingerprint density at radius 2 is 1.66 bits per heavy atom. The SMILES string of the molecule is CC(C)c1nnc(C2N=C(c3ccc(Cl)cc3Cl)N(c3ccc(Cl)cc3)C2C)o1. The van der Waals surface area contributed by atoms with Gasteiger partial charge in [0, 0.05) is 27.2 Å². The zero-order valence-corrected chi connectivity index (χ0v) is 18.4. The Hall–Kier alpha value is -2.08. The summed E-state index contributed by atoms with van der Waals surface area (Å²) in [4.78, 5) is 7.05. The Balaban J connectivity index is 1.82. The molecule has 4 rings (SSSR count). The lowest BCUT2D eigenvalue weighted by Crippen LogP contribution is -2.36. The monoisotopic (exact) mass is 448 g/mol. The van der Waals surface area contributed by atoms with Gasteiger partial charge in [-0.25, -0.2) is 0 Å². The second-order valence-corrected chi connectivity index (χ2v) is 8.52. The van der Waals surface area contributed by atoms with Crippen LogP contribution in [0.15, 0.2) is 51.9 Å². The summed E-state index contributed by atoms with van der Waals surface area (Å²) in [5, 5.41) is 10.2. The number of amidine groups is 1. The van der Waals surface area contributed by atoms with E-state index in [4.69, 9.17) is 44.2 Å². The van der Waals surface area contributed by atoms with E-state index in [0.717, 1.165) is 17.1 Å². The van der Waals surface area contributed by atoms with Crippen LogP contribution in [-0.2, 0) is 0 Å². The van der Waals surface area contributed by atoms with Crippen molar-refractivity contribution in [3.05, 3.63) is 74.9 Å². The third-order valence-electron chi connectivity index (χ3n) is 4.83. The highest BCUT2D eigenvalue weighted by molar-refractivity contribution is 6.37. The Bertz CT molecular complexity index is 1060. The summed E-state index contributed by atoms with van der Waals surface area (Å²) in [6.45, 7) is 6.09. The van der Waals surface area contributed by atoms with Crippen LogP contribution in [0.2, 0.25) is 15.1 Å². The predicted octanol–water partition coefficient (Wildman–Crippen LogP) is 6.55. The molecule has 2 atom stereocenters. The molecule has 8 heteroatoms. The third kappa shape index (κ3) is 3.87. The molecule has 1 aliphatic rings. The molecule has 2 heterocycles. The standard InChI is InChI=1S/C21H19Cl3N4O/c1-11(2)20-26-27-21(29-20)18-12(3)28(15-7-4-13(22)5-8-15)19(25-18)16-9-6-14(23)10-17(16)24/h4-12,18H,1-3H3. The average Bonchev–Trinajstić information content (AvgIpc) is 3.28. The molecule has 150 valence electrons. The van der Waals surface area contributed by atoms with Crippen LogP contribution in [0, 0.1) is 0 Å². The number of anilines is 1. The van der Waals surface area contributed by atoms with Crippen LogP contribution in [0.3, 0.4) is 0 Å². The smallest absolute Gasteiger partial charge is 0.243 e. The van der Waals surface area contributed by atoms with E-state index in [1.807, 2.05) is 44.2 Å². The highest BCUT2D eigenvalue weighted by atomic mass is 35.5. The first-order valence-corrected chi connectivity index (χ1v) is 10.4. The number of halogens is 3. The molecule has 2 aromatic carbocycles. The maximum atomic E-state index is 6.51.